The molecule has 0 saturated heterocycles. The van der Waals surface area contributed by atoms with Gasteiger partial charge in [0.05, 0.1) is 5.02 Å². The van der Waals surface area contributed by atoms with Gasteiger partial charge < -0.3 is 4.42 Å². The molecule has 0 amide bonds. The second-order valence-electron chi connectivity index (χ2n) is 1.80. The van der Waals surface area contributed by atoms with Crippen LogP contribution in [0.1, 0.15) is 0 Å². The minimum Gasteiger partial charge on any atom is -0.425 e. The number of hydrogen-bond acceptors (Lipinski definition) is 3. The van der Waals surface area contributed by atoms with Gasteiger partial charge in [0.25, 0.3) is 0 Å². The van der Waals surface area contributed by atoms with Gasteiger partial charge in [-0.2, -0.15) is 0 Å². The van der Waals surface area contributed by atoms with Crippen molar-refractivity contribution in [2.24, 2.45) is 0 Å². The summed E-state index contributed by atoms with van der Waals surface area (Å²) in [6, 6.07) is 1.67. The van der Waals surface area contributed by atoms with Crippen LogP contribution in [0.25, 0.3) is 11.2 Å². The van der Waals surface area contributed by atoms with Crippen molar-refractivity contribution in [3.63, 3.8) is 0 Å². The lowest BCUT2D eigenvalue weighted by molar-refractivity contribution is 0.590. The van der Waals surface area contributed by atoms with Crippen LogP contribution >= 0.6 is 11.6 Å². The topological polar surface area (TPSA) is 38.9 Å². The summed E-state index contributed by atoms with van der Waals surface area (Å²) >= 11 is 5.74. The molecule has 4 heteroatoms. The summed E-state index contributed by atoms with van der Waals surface area (Å²) in [6.45, 7) is 0. The summed E-state index contributed by atoms with van der Waals surface area (Å²) in [5, 5.41) is 0.568. The van der Waals surface area contributed by atoms with E-state index in [0.717, 1.165) is 0 Å². The van der Waals surface area contributed by atoms with Crippen molar-refractivity contribution in [3.8, 4) is 0 Å². The second-order valence-corrected chi connectivity index (χ2v) is 2.21. The largest absolute Gasteiger partial charge is 0.425 e. The summed E-state index contributed by atoms with van der Waals surface area (Å²) in [6.07, 6.45) is 2.90. The van der Waals surface area contributed by atoms with Gasteiger partial charge in [0, 0.05) is 6.20 Å². The summed E-state index contributed by atoms with van der Waals surface area (Å²) in [5.74, 6) is 0. The second kappa shape index (κ2) is 1.95. The Labute approximate surface area is 61.6 Å². The zero-order valence-electron chi connectivity index (χ0n) is 4.91. The van der Waals surface area contributed by atoms with Gasteiger partial charge in [-0.1, -0.05) is 11.6 Å². The smallest absolute Gasteiger partial charge is 0.248 e. The Morgan fingerprint density at radius 3 is 3.10 bits per heavy atom. The normalized spacial score (nSPS) is 10.5. The molecule has 2 aromatic heterocycles. The Morgan fingerprint density at radius 1 is 1.40 bits per heavy atom. The molecule has 0 saturated carbocycles. The molecular formula is C6H3ClN2O. The number of oxazole rings is 1. The minimum atomic E-state index is 0.479. The van der Waals surface area contributed by atoms with Gasteiger partial charge >= 0.3 is 0 Å². The number of pyridine rings is 1. The molecule has 0 bridgehead atoms. The monoisotopic (exact) mass is 154 g/mol. The lowest BCUT2D eigenvalue weighted by atomic mass is 10.4. The quantitative estimate of drug-likeness (QED) is 0.582. The molecule has 0 aliphatic heterocycles. The van der Waals surface area contributed by atoms with Gasteiger partial charge in [0.2, 0.25) is 5.71 Å². The van der Waals surface area contributed by atoms with Crippen molar-refractivity contribution in [3.05, 3.63) is 23.7 Å². The molecule has 50 valence electrons. The number of fused-ring (bicyclic) bond motifs is 1. The van der Waals surface area contributed by atoms with Gasteiger partial charge in [-0.15, -0.1) is 0 Å². The van der Waals surface area contributed by atoms with Crippen LogP contribution in [0.15, 0.2) is 23.1 Å². The molecule has 0 aromatic carbocycles. The van der Waals surface area contributed by atoms with Gasteiger partial charge in [-0.25, -0.2) is 9.97 Å². The van der Waals surface area contributed by atoms with E-state index >= 15 is 0 Å². The molecule has 0 aliphatic rings. The van der Waals surface area contributed by atoms with Crippen molar-refractivity contribution in [1.29, 1.82) is 0 Å². The molecule has 0 atom stereocenters. The Balaban J connectivity index is 2.95. The fraction of sp³-hybridized carbons (Fsp3) is 0. The number of rotatable bonds is 0. The number of hydrogen-bond donors (Lipinski definition) is 0. The minimum absolute atomic E-state index is 0.479. The zero-order chi connectivity index (χ0) is 6.97. The Kier molecular flexibility index (Phi) is 1.11. The number of aromatic nitrogens is 2. The van der Waals surface area contributed by atoms with Crippen LogP contribution in [0.5, 0.6) is 0 Å². The van der Waals surface area contributed by atoms with E-state index in [9.17, 15) is 0 Å². The van der Waals surface area contributed by atoms with Crippen LogP contribution < -0.4 is 0 Å². The van der Waals surface area contributed by atoms with E-state index in [0.29, 0.717) is 16.3 Å². The molecule has 0 N–H and O–H groups in total. The van der Waals surface area contributed by atoms with E-state index in [1.54, 1.807) is 12.3 Å². The molecule has 10 heavy (non-hydrogen) atoms. The van der Waals surface area contributed by atoms with Crippen LogP contribution in [0.2, 0.25) is 5.02 Å². The highest BCUT2D eigenvalue weighted by Gasteiger charge is 2.01. The molecule has 0 fully saturated rings. The van der Waals surface area contributed by atoms with Crippen molar-refractivity contribution >= 4 is 22.8 Å². The van der Waals surface area contributed by atoms with Crippen molar-refractivity contribution in [2.75, 3.05) is 0 Å². The lowest BCUT2D eigenvalue weighted by Crippen LogP contribution is -1.73. The molecule has 0 spiro atoms. The zero-order valence-corrected chi connectivity index (χ0v) is 5.67. The van der Waals surface area contributed by atoms with Crippen molar-refractivity contribution < 1.29 is 4.42 Å². The first-order chi connectivity index (χ1) is 4.88. The van der Waals surface area contributed by atoms with E-state index in [4.69, 9.17) is 16.0 Å². The maximum absolute atomic E-state index is 5.74. The molecular weight excluding hydrogens is 152 g/mol. The number of nitrogens with zero attached hydrogens (tertiary/aromatic N) is 2. The van der Waals surface area contributed by atoms with E-state index < -0.39 is 0 Å². The third kappa shape index (κ3) is 0.675. The average Bonchev–Trinajstić information content (AvgIpc) is 2.36. The van der Waals surface area contributed by atoms with E-state index in [-0.39, 0.29) is 0 Å². The maximum atomic E-state index is 5.74. The van der Waals surface area contributed by atoms with Crippen molar-refractivity contribution in [1.82, 2.24) is 9.97 Å². The predicted molar refractivity (Wildman–Crippen MR) is 36.8 cm³/mol. The molecule has 2 heterocycles. The van der Waals surface area contributed by atoms with Crippen LogP contribution in [-0.2, 0) is 0 Å². The molecule has 2 aromatic rings. The van der Waals surface area contributed by atoms with Gasteiger partial charge in [0.1, 0.15) is 5.52 Å². The average molecular weight is 155 g/mol. The molecule has 0 radical (unpaired) electrons. The van der Waals surface area contributed by atoms with E-state index in [1.165, 1.54) is 6.39 Å². The van der Waals surface area contributed by atoms with Crippen LogP contribution in [0.4, 0.5) is 0 Å². The summed E-state index contributed by atoms with van der Waals surface area (Å²) in [7, 11) is 0. The van der Waals surface area contributed by atoms with Crippen LogP contribution in [-0.4, -0.2) is 9.97 Å². The standard InChI is InChI=1S/C6H3ClN2O/c7-4-1-2-8-6-5(4)9-3-10-6/h1-3H. The predicted octanol–water partition coefficient (Wildman–Crippen LogP) is 1.88. The third-order valence-corrected chi connectivity index (χ3v) is 1.49. The summed E-state index contributed by atoms with van der Waals surface area (Å²) in [5.41, 5.74) is 1.09. The van der Waals surface area contributed by atoms with Crippen LogP contribution in [0.3, 0.4) is 0 Å². The molecule has 3 nitrogen and oxygen atoms in total. The Hall–Kier alpha value is -1.09. The highest BCUT2D eigenvalue weighted by Crippen LogP contribution is 2.18. The first-order valence-corrected chi connectivity index (χ1v) is 3.09. The van der Waals surface area contributed by atoms with Gasteiger partial charge in [0.15, 0.2) is 6.39 Å². The van der Waals surface area contributed by atoms with Gasteiger partial charge in [-0.05, 0) is 6.07 Å². The fourth-order valence-electron chi connectivity index (χ4n) is 0.745. The fourth-order valence-corrected chi connectivity index (χ4v) is 0.931. The number of halogens is 1. The highest BCUT2D eigenvalue weighted by molar-refractivity contribution is 6.34. The lowest BCUT2D eigenvalue weighted by Gasteiger charge is -1.85. The highest BCUT2D eigenvalue weighted by atomic mass is 35.5. The molecule has 0 unspecified atom stereocenters. The SMILES string of the molecule is Clc1ccnc2ocnc12. The Morgan fingerprint density at radius 2 is 2.30 bits per heavy atom. The first-order valence-electron chi connectivity index (χ1n) is 2.71. The summed E-state index contributed by atoms with van der Waals surface area (Å²) in [4.78, 5) is 7.75. The van der Waals surface area contributed by atoms with E-state index in [2.05, 4.69) is 9.97 Å². The van der Waals surface area contributed by atoms with Gasteiger partial charge in [-0.3, -0.25) is 0 Å². The first kappa shape index (κ1) is 5.68. The maximum Gasteiger partial charge on any atom is 0.248 e. The molecule has 2 rings (SSSR count). The van der Waals surface area contributed by atoms with Crippen LogP contribution in [0, 0.1) is 0 Å². The van der Waals surface area contributed by atoms with E-state index in [1.807, 2.05) is 0 Å². The third-order valence-electron chi connectivity index (χ3n) is 1.19. The summed E-state index contributed by atoms with van der Waals surface area (Å²) < 4.78 is 4.89. The molecule has 0 aliphatic carbocycles. The Bertz CT molecular complexity index is 357. The van der Waals surface area contributed by atoms with Crippen molar-refractivity contribution in [2.45, 2.75) is 0 Å².